The zero-order valence-electron chi connectivity index (χ0n) is 15.3. The maximum atomic E-state index is 12.3. The highest BCUT2D eigenvalue weighted by Gasteiger charge is 2.17. The number of carbonyl (C=O) groups excluding carboxylic acids is 2. The summed E-state index contributed by atoms with van der Waals surface area (Å²) < 4.78 is 5.19. The molecule has 1 atom stereocenters. The molecular weight excluding hydrogens is 305 g/mol. The Balaban J connectivity index is 2.57. The quantitative estimate of drug-likeness (QED) is 0.443. The number of hydrogen-bond acceptors (Lipinski definition) is 4. The second-order valence-corrected chi connectivity index (χ2v) is 5.89. The number of likely N-dealkylation sites (N-methyl/N-ethyl adjacent to an activating group) is 1. The first-order valence-electron chi connectivity index (χ1n) is 8.31. The zero-order valence-corrected chi connectivity index (χ0v) is 15.3. The second kappa shape index (κ2) is 10.1. The molecule has 0 saturated heterocycles. The first-order chi connectivity index (χ1) is 11.4. The Morgan fingerprint density at radius 3 is 2.42 bits per heavy atom. The molecule has 24 heavy (non-hydrogen) atoms. The maximum Gasteiger partial charge on any atom is 0.246 e. The molecule has 0 fully saturated rings. The molecule has 0 saturated carbocycles. The summed E-state index contributed by atoms with van der Waals surface area (Å²) in [6, 6.07) is 3.51. The van der Waals surface area contributed by atoms with E-state index < -0.39 is 6.04 Å². The molecule has 1 unspecified atom stereocenters. The van der Waals surface area contributed by atoms with E-state index in [4.69, 9.17) is 4.74 Å². The number of nitrogens with one attached hydrogen (secondary N) is 3. The number of rotatable bonds is 9. The van der Waals surface area contributed by atoms with Gasteiger partial charge < -0.3 is 20.7 Å². The fourth-order valence-electron chi connectivity index (χ4n) is 2.37. The van der Waals surface area contributed by atoms with Crippen LogP contribution in [-0.2, 0) is 20.6 Å². The van der Waals surface area contributed by atoms with Crippen LogP contribution in [0, 0.1) is 13.8 Å². The standard InChI is InChI=1S/C17H28BN3O3/c1-11-7-14(9-18)8-12(2)16(11)21-17(23)13(3)20-15(22)10-24-6-5-19-4/h7-8,13,19H,5-6,9-10,18H2,1-4H3,(H,20,22)(H,21,23). The molecule has 0 radical (unpaired) electrons. The number of benzene rings is 1. The van der Waals surface area contributed by atoms with Gasteiger partial charge in [-0.25, -0.2) is 0 Å². The smallest absolute Gasteiger partial charge is 0.246 e. The highest BCUT2D eigenvalue weighted by molar-refractivity contribution is 6.08. The highest BCUT2D eigenvalue weighted by Crippen LogP contribution is 2.22. The molecule has 6 nitrogen and oxygen atoms in total. The van der Waals surface area contributed by atoms with E-state index in [1.807, 2.05) is 20.9 Å². The summed E-state index contributed by atoms with van der Waals surface area (Å²) in [4.78, 5) is 24.1. The van der Waals surface area contributed by atoms with Crippen LogP contribution in [0.2, 0.25) is 0 Å². The lowest BCUT2D eigenvalue weighted by molar-refractivity contribution is -0.129. The molecule has 132 valence electrons. The largest absolute Gasteiger partial charge is 0.370 e. The topological polar surface area (TPSA) is 79.5 Å². The molecule has 1 aromatic rings. The molecule has 3 N–H and O–H groups in total. The highest BCUT2D eigenvalue weighted by atomic mass is 16.5. The summed E-state index contributed by atoms with van der Waals surface area (Å²) in [7, 11) is 3.91. The van der Waals surface area contributed by atoms with Crippen LogP contribution in [0.4, 0.5) is 5.69 Å². The van der Waals surface area contributed by atoms with Crippen LogP contribution in [0.5, 0.6) is 0 Å². The van der Waals surface area contributed by atoms with E-state index in [-0.39, 0.29) is 18.4 Å². The van der Waals surface area contributed by atoms with Gasteiger partial charge in [0.1, 0.15) is 20.5 Å². The third kappa shape index (κ3) is 6.33. The Labute approximate surface area is 145 Å². The molecule has 2 amide bonds. The van der Waals surface area contributed by atoms with Gasteiger partial charge in [-0.3, -0.25) is 9.59 Å². The molecule has 1 aromatic carbocycles. The normalized spacial score (nSPS) is 11.8. The molecule has 0 spiro atoms. The van der Waals surface area contributed by atoms with Gasteiger partial charge in [-0.1, -0.05) is 24.0 Å². The lowest BCUT2D eigenvalue weighted by Crippen LogP contribution is -2.43. The van der Waals surface area contributed by atoms with E-state index in [0.29, 0.717) is 13.2 Å². The third-order valence-corrected chi connectivity index (χ3v) is 3.75. The molecular formula is C17H28BN3O3. The van der Waals surface area contributed by atoms with Gasteiger partial charge in [0.15, 0.2) is 0 Å². The second-order valence-electron chi connectivity index (χ2n) is 5.89. The summed E-state index contributed by atoms with van der Waals surface area (Å²) in [6.45, 7) is 6.68. The Bertz CT molecular complexity index is 555. The van der Waals surface area contributed by atoms with Gasteiger partial charge in [-0.05, 0) is 38.9 Å². The van der Waals surface area contributed by atoms with Gasteiger partial charge in [0.05, 0.1) is 6.61 Å². The van der Waals surface area contributed by atoms with Crippen LogP contribution < -0.4 is 16.0 Å². The van der Waals surface area contributed by atoms with E-state index in [0.717, 1.165) is 23.1 Å². The van der Waals surface area contributed by atoms with Crippen molar-refractivity contribution in [3.8, 4) is 0 Å². The van der Waals surface area contributed by atoms with Crippen molar-refractivity contribution in [2.24, 2.45) is 0 Å². The van der Waals surface area contributed by atoms with Gasteiger partial charge in [-0.15, -0.1) is 0 Å². The number of amides is 2. The predicted molar refractivity (Wildman–Crippen MR) is 99.1 cm³/mol. The van der Waals surface area contributed by atoms with Crippen LogP contribution in [0.1, 0.15) is 23.6 Å². The van der Waals surface area contributed by atoms with E-state index in [1.165, 1.54) is 5.56 Å². The predicted octanol–water partition coefficient (Wildman–Crippen LogP) is 0.116. The SMILES string of the molecule is BCc1cc(C)c(NC(=O)C(C)NC(=O)COCCNC)c(C)c1. The van der Waals surface area contributed by atoms with Crippen LogP contribution in [0.15, 0.2) is 12.1 Å². The van der Waals surface area contributed by atoms with Crippen molar-refractivity contribution in [3.05, 3.63) is 28.8 Å². The minimum absolute atomic E-state index is 0.0530. The van der Waals surface area contributed by atoms with Gasteiger partial charge >= 0.3 is 0 Å². The molecule has 1 rings (SSSR count). The lowest BCUT2D eigenvalue weighted by Gasteiger charge is -2.17. The van der Waals surface area contributed by atoms with Crippen molar-refractivity contribution in [2.75, 3.05) is 32.1 Å². The summed E-state index contributed by atoms with van der Waals surface area (Å²) in [6.07, 6.45) is 0.954. The fourth-order valence-corrected chi connectivity index (χ4v) is 2.37. The van der Waals surface area contributed by atoms with Gasteiger partial charge in [0, 0.05) is 12.2 Å². The summed E-state index contributed by atoms with van der Waals surface area (Å²) in [5, 5.41) is 8.47. The van der Waals surface area contributed by atoms with Crippen LogP contribution in [0.3, 0.4) is 0 Å². The summed E-state index contributed by atoms with van der Waals surface area (Å²) in [5.41, 5.74) is 4.09. The van der Waals surface area contributed by atoms with E-state index >= 15 is 0 Å². The van der Waals surface area contributed by atoms with Crippen molar-refractivity contribution in [1.29, 1.82) is 0 Å². The lowest BCUT2D eigenvalue weighted by atomic mass is 9.93. The number of ether oxygens (including phenoxy) is 1. The van der Waals surface area contributed by atoms with Gasteiger partial charge in [0.2, 0.25) is 11.8 Å². The van der Waals surface area contributed by atoms with E-state index in [2.05, 4.69) is 35.9 Å². The number of hydrogen-bond donors (Lipinski definition) is 3. The average molecular weight is 333 g/mol. The van der Waals surface area contributed by atoms with Crippen molar-refractivity contribution in [1.82, 2.24) is 10.6 Å². The third-order valence-electron chi connectivity index (χ3n) is 3.75. The maximum absolute atomic E-state index is 12.3. The number of anilines is 1. The monoisotopic (exact) mass is 333 g/mol. The molecule has 0 bridgehead atoms. The average Bonchev–Trinajstić information content (AvgIpc) is 2.54. The van der Waals surface area contributed by atoms with E-state index in [9.17, 15) is 9.59 Å². The molecule has 0 aliphatic heterocycles. The van der Waals surface area contributed by atoms with Gasteiger partial charge in [0.25, 0.3) is 0 Å². The van der Waals surface area contributed by atoms with Crippen molar-refractivity contribution >= 4 is 25.3 Å². The van der Waals surface area contributed by atoms with Crippen molar-refractivity contribution in [2.45, 2.75) is 33.1 Å². The molecule has 0 aromatic heterocycles. The Morgan fingerprint density at radius 2 is 1.88 bits per heavy atom. The minimum atomic E-state index is -0.630. The molecule has 0 aliphatic carbocycles. The minimum Gasteiger partial charge on any atom is -0.370 e. The van der Waals surface area contributed by atoms with Crippen molar-refractivity contribution < 1.29 is 14.3 Å². The van der Waals surface area contributed by atoms with Crippen LogP contribution in [0.25, 0.3) is 0 Å². The number of carbonyl (C=O) groups is 2. The first kappa shape index (κ1) is 20.2. The van der Waals surface area contributed by atoms with Crippen LogP contribution in [-0.4, -0.2) is 52.5 Å². The zero-order chi connectivity index (χ0) is 18.1. The number of aryl methyl sites for hydroxylation is 2. The van der Waals surface area contributed by atoms with Gasteiger partial charge in [-0.2, -0.15) is 0 Å². The first-order valence-corrected chi connectivity index (χ1v) is 8.31. The molecule has 0 aliphatic rings. The molecule has 7 heteroatoms. The Kier molecular flexibility index (Phi) is 8.50. The Morgan fingerprint density at radius 1 is 1.25 bits per heavy atom. The molecule has 0 heterocycles. The van der Waals surface area contributed by atoms with E-state index in [1.54, 1.807) is 6.92 Å². The summed E-state index contributed by atoms with van der Waals surface area (Å²) in [5.74, 6) is -0.544. The van der Waals surface area contributed by atoms with Crippen molar-refractivity contribution in [3.63, 3.8) is 0 Å². The fraction of sp³-hybridized carbons (Fsp3) is 0.529. The summed E-state index contributed by atoms with van der Waals surface area (Å²) >= 11 is 0. The Hall–Kier alpha value is -1.86. The van der Waals surface area contributed by atoms with Crippen LogP contribution >= 0.6 is 0 Å².